The quantitative estimate of drug-likeness (QED) is 0.261. The van der Waals surface area contributed by atoms with Crippen LogP contribution in [0.25, 0.3) is 55.8 Å². The summed E-state index contributed by atoms with van der Waals surface area (Å²) >= 11 is 0. The van der Waals surface area contributed by atoms with E-state index in [9.17, 15) is 0 Å². The lowest BCUT2D eigenvalue weighted by Gasteiger charge is -2.12. The summed E-state index contributed by atoms with van der Waals surface area (Å²) in [6.07, 6.45) is 5.58. The summed E-state index contributed by atoms with van der Waals surface area (Å²) in [4.78, 5) is 17.2. The molecular weight excluding hydrogens is 438 g/mol. The largest absolute Gasteiger partial charge is 0.337 e. The average Bonchev–Trinajstić information content (AvgIpc) is 3.46. The van der Waals surface area contributed by atoms with Crippen molar-refractivity contribution < 1.29 is 0 Å². The third kappa shape index (κ3) is 3.40. The van der Waals surface area contributed by atoms with E-state index in [0.717, 1.165) is 61.4 Å². The van der Waals surface area contributed by atoms with E-state index < -0.39 is 7.95 Å². The molecule has 6 rings (SSSR count). The van der Waals surface area contributed by atoms with Crippen LogP contribution in [0.3, 0.4) is 0 Å². The summed E-state index contributed by atoms with van der Waals surface area (Å²) in [6, 6.07) is 20.3. The molecule has 0 saturated carbocycles. The van der Waals surface area contributed by atoms with Gasteiger partial charge in [-0.1, -0.05) is 24.3 Å². The fourth-order valence-corrected chi connectivity index (χ4v) is 5.09. The second kappa shape index (κ2) is 8.19. The Morgan fingerprint density at radius 2 is 1.79 bits per heavy atom. The number of hydrogen-bond donors (Lipinski definition) is 1. The fraction of sp³-hybridized carbons (Fsp3) is 0.0769. The summed E-state index contributed by atoms with van der Waals surface area (Å²) in [7, 11) is 5.37. The average molecular weight is 458 g/mol. The van der Waals surface area contributed by atoms with Crippen molar-refractivity contribution in [3.8, 4) is 33.9 Å². The molecule has 4 aromatic heterocycles. The third-order valence-corrected chi connectivity index (χ3v) is 6.94. The van der Waals surface area contributed by atoms with Crippen LogP contribution < -0.4 is 0 Å². The number of hydrogen-bond acceptors (Lipinski definition) is 4. The van der Waals surface area contributed by atoms with Gasteiger partial charge >= 0.3 is 0 Å². The van der Waals surface area contributed by atoms with E-state index in [1.165, 1.54) is 0 Å². The Bertz CT molecular complexity index is 1620. The highest BCUT2D eigenvalue weighted by atomic mass is 31.1. The van der Waals surface area contributed by atoms with E-state index in [2.05, 4.69) is 40.1 Å². The normalized spacial score (nSPS) is 12.4. The molecular formula is C26H20BN6P. The molecule has 1 atom stereocenters. The molecule has 4 heterocycles. The number of benzene rings is 2. The van der Waals surface area contributed by atoms with Gasteiger partial charge in [-0.05, 0) is 69.1 Å². The Labute approximate surface area is 199 Å². The Balaban J connectivity index is 1.55. The minimum atomic E-state index is -0.951. The monoisotopic (exact) mass is 458 g/mol. The zero-order valence-electron chi connectivity index (χ0n) is 18.8. The van der Waals surface area contributed by atoms with Crippen molar-refractivity contribution >= 4 is 37.5 Å². The van der Waals surface area contributed by atoms with Crippen molar-refractivity contribution in [2.75, 3.05) is 6.66 Å². The molecule has 0 aliphatic carbocycles. The highest BCUT2D eigenvalue weighted by Crippen LogP contribution is 2.39. The van der Waals surface area contributed by atoms with E-state index in [-0.39, 0.29) is 0 Å². The van der Waals surface area contributed by atoms with Gasteiger partial charge in [-0.15, -0.1) is 0 Å². The zero-order valence-corrected chi connectivity index (χ0v) is 19.7. The number of fused-ring (bicyclic) bond motifs is 2. The first kappa shape index (κ1) is 20.8. The van der Waals surface area contributed by atoms with Gasteiger partial charge < -0.3 is 4.98 Å². The molecule has 0 aliphatic heterocycles. The van der Waals surface area contributed by atoms with Gasteiger partial charge in [0.2, 0.25) is 0 Å². The van der Waals surface area contributed by atoms with E-state index in [0.29, 0.717) is 0 Å². The molecule has 6 aromatic rings. The SMILES string of the molecule is [B]P(C)n1nc(-c2nc3ccccc3[nH]2)c2cc(-c3cncc(-c4ccccn4)c3C)ccc21. The molecule has 0 aliphatic rings. The zero-order chi connectivity index (χ0) is 23.2. The molecule has 0 saturated heterocycles. The van der Waals surface area contributed by atoms with Crippen LogP contribution in [0.15, 0.2) is 79.3 Å². The van der Waals surface area contributed by atoms with Gasteiger partial charge in [-0.2, -0.15) is 5.10 Å². The highest BCUT2D eigenvalue weighted by Gasteiger charge is 2.19. The van der Waals surface area contributed by atoms with Gasteiger partial charge in [0.25, 0.3) is 0 Å². The molecule has 34 heavy (non-hydrogen) atoms. The molecule has 1 unspecified atom stereocenters. The van der Waals surface area contributed by atoms with E-state index >= 15 is 0 Å². The second-order valence-corrected chi connectivity index (χ2v) is 9.75. The Hall–Kier alpha value is -3.83. The topological polar surface area (TPSA) is 72.3 Å². The van der Waals surface area contributed by atoms with Gasteiger partial charge in [0.05, 0.1) is 22.2 Å². The van der Waals surface area contributed by atoms with Crippen molar-refractivity contribution in [1.82, 2.24) is 29.5 Å². The summed E-state index contributed by atoms with van der Waals surface area (Å²) in [5, 5.41) is 5.88. The van der Waals surface area contributed by atoms with E-state index in [4.69, 9.17) is 17.6 Å². The number of pyridine rings is 2. The maximum absolute atomic E-state index is 6.32. The molecule has 1 N–H and O–H groups in total. The predicted molar refractivity (Wildman–Crippen MR) is 140 cm³/mol. The standard InChI is InChI=1S/C26H20BN6P/c1-16-19(14-28-15-20(16)21-7-5-6-12-29-21)17-10-11-24-18(13-17)25(32-33(24)34(2)27)26-30-22-8-3-4-9-23(22)31-26/h3-15H,1-2H3,(H,30,31). The van der Waals surface area contributed by atoms with Crippen LogP contribution in [0.2, 0.25) is 0 Å². The number of rotatable bonds is 4. The summed E-state index contributed by atoms with van der Waals surface area (Å²) in [5.41, 5.74) is 8.83. The van der Waals surface area contributed by atoms with Gasteiger partial charge in [-0.3, -0.25) is 14.4 Å². The maximum atomic E-state index is 6.32. The molecule has 8 heteroatoms. The second-order valence-electron chi connectivity index (χ2n) is 8.22. The van der Waals surface area contributed by atoms with Gasteiger partial charge in [0.15, 0.2) is 5.82 Å². The lowest BCUT2D eigenvalue weighted by molar-refractivity contribution is 1.02. The van der Waals surface area contributed by atoms with Gasteiger partial charge in [-0.25, -0.2) is 4.98 Å². The smallest absolute Gasteiger partial charge is 0.159 e. The fourth-order valence-electron chi connectivity index (χ4n) is 4.35. The Morgan fingerprint density at radius 1 is 0.971 bits per heavy atom. The summed E-state index contributed by atoms with van der Waals surface area (Å²) in [6.45, 7) is 4.10. The lowest BCUT2D eigenvalue weighted by atomic mass is 9.96. The first-order valence-corrected chi connectivity index (χ1v) is 12.7. The minimum absolute atomic E-state index is 0.732. The number of para-hydroxylation sites is 2. The van der Waals surface area contributed by atoms with E-state index in [1.807, 2.05) is 66.0 Å². The Morgan fingerprint density at radius 3 is 2.59 bits per heavy atom. The van der Waals surface area contributed by atoms with Crippen LogP contribution in [0.4, 0.5) is 0 Å². The molecule has 6 nitrogen and oxygen atoms in total. The van der Waals surface area contributed by atoms with Crippen molar-refractivity contribution in [2.45, 2.75) is 6.92 Å². The number of aromatic amines is 1. The number of imidazole rings is 1. The number of H-pyrrole nitrogens is 1. The van der Waals surface area contributed by atoms with Gasteiger partial charge in [0.1, 0.15) is 13.3 Å². The molecule has 162 valence electrons. The molecule has 0 bridgehead atoms. The van der Waals surface area contributed by atoms with Crippen LogP contribution in [0, 0.1) is 6.92 Å². The van der Waals surface area contributed by atoms with Crippen molar-refractivity contribution in [3.63, 3.8) is 0 Å². The van der Waals surface area contributed by atoms with Crippen LogP contribution >= 0.6 is 7.95 Å². The summed E-state index contributed by atoms with van der Waals surface area (Å²) < 4.78 is 1.91. The molecule has 2 radical (unpaired) electrons. The van der Waals surface area contributed by atoms with Crippen molar-refractivity contribution in [3.05, 3.63) is 84.8 Å². The molecule has 2 aromatic carbocycles. The number of nitrogens with one attached hydrogen (secondary N) is 1. The highest BCUT2D eigenvalue weighted by molar-refractivity contribution is 7.80. The minimum Gasteiger partial charge on any atom is -0.337 e. The third-order valence-electron chi connectivity index (χ3n) is 6.04. The number of aromatic nitrogens is 6. The maximum Gasteiger partial charge on any atom is 0.159 e. The first-order chi connectivity index (χ1) is 16.6. The Kier molecular flexibility index (Phi) is 5.00. The van der Waals surface area contributed by atoms with Crippen LogP contribution in [-0.4, -0.2) is 43.7 Å². The molecule has 0 fully saturated rings. The predicted octanol–water partition coefficient (Wildman–Crippen LogP) is 5.97. The van der Waals surface area contributed by atoms with Crippen LogP contribution in [-0.2, 0) is 0 Å². The summed E-state index contributed by atoms with van der Waals surface area (Å²) in [5.74, 6) is 0.732. The number of nitrogens with zero attached hydrogens (tertiary/aromatic N) is 5. The van der Waals surface area contributed by atoms with Crippen molar-refractivity contribution in [2.24, 2.45) is 0 Å². The van der Waals surface area contributed by atoms with E-state index in [1.54, 1.807) is 6.20 Å². The van der Waals surface area contributed by atoms with Gasteiger partial charge in [0, 0.05) is 35.1 Å². The lowest BCUT2D eigenvalue weighted by Crippen LogP contribution is -1.93. The van der Waals surface area contributed by atoms with Crippen molar-refractivity contribution in [1.29, 1.82) is 0 Å². The first-order valence-electron chi connectivity index (χ1n) is 10.9. The van der Waals surface area contributed by atoms with Crippen LogP contribution in [0.5, 0.6) is 0 Å². The molecule has 0 amide bonds. The molecule has 0 spiro atoms. The van der Waals surface area contributed by atoms with Crippen LogP contribution in [0.1, 0.15) is 5.56 Å².